The average Bonchev–Trinajstić information content (AvgIpc) is 3.02. The Hall–Kier alpha value is -0.220. The molecule has 0 radical (unpaired) electrons. The van der Waals surface area contributed by atoms with Crippen molar-refractivity contribution in [2.75, 3.05) is 44.2 Å². The Balaban J connectivity index is 1.90. The minimum Gasteiger partial charge on any atom is -0.297 e. The normalized spacial score (nSPS) is 35.1. The SMILES string of the molecule is CCN1CCN(S(=O)(=O)N2CCCC2)[C@@H]2CS(=O)(=O)C[C@@H]21. The molecule has 3 saturated heterocycles. The van der Waals surface area contributed by atoms with Crippen molar-refractivity contribution in [3.8, 4) is 0 Å². The van der Waals surface area contributed by atoms with Crippen LogP contribution >= 0.6 is 0 Å². The van der Waals surface area contributed by atoms with Crippen LogP contribution in [0.4, 0.5) is 0 Å². The van der Waals surface area contributed by atoms with E-state index in [0.29, 0.717) is 26.2 Å². The van der Waals surface area contributed by atoms with Gasteiger partial charge in [0.1, 0.15) is 0 Å². The molecular weight excluding hydrogens is 314 g/mol. The standard InChI is InChI=1S/C12H23N3O4S2/c1-2-13-7-8-15(12-10-20(16,17)9-11(12)13)21(18,19)14-5-3-4-6-14/h11-12H,2-10H2,1H3/t11-,12+/m0/s1. The number of fused-ring (bicyclic) bond motifs is 1. The monoisotopic (exact) mass is 337 g/mol. The van der Waals surface area contributed by atoms with E-state index in [-0.39, 0.29) is 17.5 Å². The zero-order valence-electron chi connectivity index (χ0n) is 12.3. The van der Waals surface area contributed by atoms with E-state index in [1.54, 1.807) is 0 Å². The maximum Gasteiger partial charge on any atom is 0.282 e. The lowest BCUT2D eigenvalue weighted by atomic mass is 10.1. The fraction of sp³-hybridized carbons (Fsp3) is 1.00. The molecule has 0 spiro atoms. The first-order valence-corrected chi connectivity index (χ1v) is 10.8. The van der Waals surface area contributed by atoms with Gasteiger partial charge in [-0.1, -0.05) is 6.92 Å². The van der Waals surface area contributed by atoms with E-state index in [0.717, 1.165) is 19.4 Å². The van der Waals surface area contributed by atoms with Gasteiger partial charge in [-0.25, -0.2) is 8.42 Å². The number of nitrogens with zero attached hydrogens (tertiary/aromatic N) is 3. The maximum absolute atomic E-state index is 12.8. The minimum absolute atomic E-state index is 0.0404. The van der Waals surface area contributed by atoms with Crippen LogP contribution in [-0.4, -0.2) is 86.7 Å². The summed E-state index contributed by atoms with van der Waals surface area (Å²) in [4.78, 5) is 2.10. The first-order chi connectivity index (χ1) is 9.85. The lowest BCUT2D eigenvalue weighted by Crippen LogP contribution is -2.62. The van der Waals surface area contributed by atoms with Crippen molar-refractivity contribution in [2.24, 2.45) is 0 Å². The van der Waals surface area contributed by atoms with Crippen LogP contribution in [0.1, 0.15) is 19.8 Å². The summed E-state index contributed by atoms with van der Waals surface area (Å²) in [6.07, 6.45) is 1.78. The second-order valence-electron chi connectivity index (χ2n) is 6.06. The van der Waals surface area contributed by atoms with Crippen LogP contribution in [0, 0.1) is 0 Å². The third-order valence-corrected chi connectivity index (χ3v) is 8.60. The highest BCUT2D eigenvalue weighted by molar-refractivity contribution is 7.92. The molecule has 7 nitrogen and oxygen atoms in total. The maximum atomic E-state index is 12.8. The molecule has 0 aromatic rings. The molecule has 0 aromatic carbocycles. The molecule has 3 aliphatic rings. The van der Waals surface area contributed by atoms with Gasteiger partial charge in [-0.15, -0.1) is 0 Å². The summed E-state index contributed by atoms with van der Waals surface area (Å²) >= 11 is 0. The fourth-order valence-electron chi connectivity index (χ4n) is 3.74. The van der Waals surface area contributed by atoms with Crippen LogP contribution in [-0.2, 0) is 20.0 Å². The van der Waals surface area contributed by atoms with Crippen LogP contribution in [0.3, 0.4) is 0 Å². The second-order valence-corrected chi connectivity index (χ2v) is 10.1. The van der Waals surface area contributed by atoms with Gasteiger partial charge in [0.2, 0.25) is 0 Å². The molecule has 3 heterocycles. The van der Waals surface area contributed by atoms with E-state index in [9.17, 15) is 16.8 Å². The van der Waals surface area contributed by atoms with Gasteiger partial charge in [-0.2, -0.15) is 17.0 Å². The molecule has 0 N–H and O–H groups in total. The van der Waals surface area contributed by atoms with Crippen molar-refractivity contribution < 1.29 is 16.8 Å². The van der Waals surface area contributed by atoms with E-state index in [2.05, 4.69) is 4.90 Å². The topological polar surface area (TPSA) is 78.0 Å². The predicted octanol–water partition coefficient (Wildman–Crippen LogP) is -0.870. The van der Waals surface area contributed by atoms with Gasteiger partial charge in [-0.3, -0.25) is 4.90 Å². The van der Waals surface area contributed by atoms with E-state index in [4.69, 9.17) is 0 Å². The molecule has 0 amide bonds. The summed E-state index contributed by atoms with van der Waals surface area (Å²) < 4.78 is 52.5. The summed E-state index contributed by atoms with van der Waals surface area (Å²) in [5, 5.41) is 0. The Morgan fingerprint density at radius 3 is 2.24 bits per heavy atom. The molecule has 0 unspecified atom stereocenters. The molecule has 0 saturated carbocycles. The molecule has 2 atom stereocenters. The highest BCUT2D eigenvalue weighted by atomic mass is 32.2. The molecule has 3 aliphatic heterocycles. The summed E-state index contributed by atoms with van der Waals surface area (Å²) in [6.45, 7) is 4.87. The van der Waals surface area contributed by atoms with Crippen molar-refractivity contribution in [1.29, 1.82) is 0 Å². The zero-order chi connectivity index (χ0) is 15.3. The Labute approximate surface area is 127 Å². The largest absolute Gasteiger partial charge is 0.297 e. The van der Waals surface area contributed by atoms with Gasteiger partial charge in [0.15, 0.2) is 9.84 Å². The zero-order valence-corrected chi connectivity index (χ0v) is 13.9. The summed E-state index contributed by atoms with van der Waals surface area (Å²) in [6, 6.07) is -0.611. The van der Waals surface area contributed by atoms with Crippen molar-refractivity contribution >= 4 is 20.0 Å². The number of likely N-dealkylation sites (N-methyl/N-ethyl adjacent to an activating group) is 1. The van der Waals surface area contributed by atoms with Crippen LogP contribution in [0.15, 0.2) is 0 Å². The Morgan fingerprint density at radius 1 is 1.00 bits per heavy atom. The summed E-state index contributed by atoms with van der Waals surface area (Å²) in [7, 11) is -6.68. The quantitative estimate of drug-likeness (QED) is 0.669. The Bertz CT molecular complexity index is 598. The van der Waals surface area contributed by atoms with E-state index in [1.165, 1.54) is 8.61 Å². The molecule has 9 heteroatoms. The molecule has 3 fully saturated rings. The van der Waals surface area contributed by atoms with Crippen molar-refractivity contribution in [1.82, 2.24) is 13.5 Å². The van der Waals surface area contributed by atoms with Gasteiger partial charge >= 0.3 is 0 Å². The second kappa shape index (κ2) is 5.45. The Morgan fingerprint density at radius 2 is 1.62 bits per heavy atom. The van der Waals surface area contributed by atoms with Crippen molar-refractivity contribution in [3.05, 3.63) is 0 Å². The van der Waals surface area contributed by atoms with Crippen molar-refractivity contribution in [3.63, 3.8) is 0 Å². The highest BCUT2D eigenvalue weighted by Crippen LogP contribution is 2.30. The van der Waals surface area contributed by atoms with Gasteiger partial charge in [-0.05, 0) is 19.4 Å². The minimum atomic E-state index is -3.52. The summed E-state index contributed by atoms with van der Waals surface area (Å²) in [5.74, 6) is 0.0404. The molecule has 0 aliphatic carbocycles. The number of sulfone groups is 1. The van der Waals surface area contributed by atoms with Gasteiger partial charge < -0.3 is 0 Å². The smallest absolute Gasteiger partial charge is 0.282 e. The molecule has 3 rings (SSSR count). The lowest BCUT2D eigenvalue weighted by Gasteiger charge is -2.43. The first kappa shape index (κ1) is 15.7. The fourth-order valence-corrected chi connectivity index (χ4v) is 7.73. The number of hydrogen-bond acceptors (Lipinski definition) is 5. The molecule has 0 aromatic heterocycles. The van der Waals surface area contributed by atoms with Crippen LogP contribution in [0.5, 0.6) is 0 Å². The third-order valence-electron chi connectivity index (χ3n) is 4.83. The highest BCUT2D eigenvalue weighted by Gasteiger charge is 2.50. The molecule has 122 valence electrons. The van der Waals surface area contributed by atoms with Crippen LogP contribution in [0.2, 0.25) is 0 Å². The third kappa shape index (κ3) is 2.74. The first-order valence-electron chi connectivity index (χ1n) is 7.56. The van der Waals surface area contributed by atoms with Gasteiger partial charge in [0.05, 0.1) is 17.5 Å². The van der Waals surface area contributed by atoms with E-state index >= 15 is 0 Å². The van der Waals surface area contributed by atoms with Gasteiger partial charge in [0, 0.05) is 32.2 Å². The average molecular weight is 337 g/mol. The van der Waals surface area contributed by atoms with E-state index in [1.807, 2.05) is 6.92 Å². The van der Waals surface area contributed by atoms with Crippen molar-refractivity contribution in [2.45, 2.75) is 31.8 Å². The van der Waals surface area contributed by atoms with Crippen LogP contribution < -0.4 is 0 Å². The summed E-state index contributed by atoms with van der Waals surface area (Å²) in [5.41, 5.74) is 0. The molecular formula is C12H23N3O4S2. The Kier molecular flexibility index (Phi) is 4.07. The number of piperazine rings is 1. The predicted molar refractivity (Wildman–Crippen MR) is 79.9 cm³/mol. The van der Waals surface area contributed by atoms with E-state index < -0.39 is 26.1 Å². The number of hydrogen-bond donors (Lipinski definition) is 0. The molecule has 21 heavy (non-hydrogen) atoms. The van der Waals surface area contributed by atoms with Gasteiger partial charge in [0.25, 0.3) is 10.2 Å². The number of rotatable bonds is 3. The lowest BCUT2D eigenvalue weighted by molar-refractivity contribution is 0.0968. The van der Waals surface area contributed by atoms with Crippen LogP contribution in [0.25, 0.3) is 0 Å². The molecule has 0 bridgehead atoms.